The van der Waals surface area contributed by atoms with Crippen LogP contribution in [0.15, 0.2) is 59.5 Å². The first-order valence-electron chi connectivity index (χ1n) is 10.9. The number of rotatable bonds is 7. The lowest BCUT2D eigenvalue weighted by molar-refractivity contribution is -0.137. The highest BCUT2D eigenvalue weighted by Gasteiger charge is 2.30. The Hall–Kier alpha value is -2.93. The summed E-state index contributed by atoms with van der Waals surface area (Å²) in [5.41, 5.74) is 4.13. The fourth-order valence-corrected chi connectivity index (χ4v) is 4.08. The van der Waals surface area contributed by atoms with E-state index in [9.17, 15) is 18.0 Å². The van der Waals surface area contributed by atoms with Crippen LogP contribution in [0.25, 0.3) is 0 Å². The van der Waals surface area contributed by atoms with Crippen molar-refractivity contribution in [2.75, 3.05) is 6.54 Å². The monoisotopic (exact) mass is 441 g/mol. The smallest absolute Gasteiger partial charge is 0.312 e. The molecule has 7 heteroatoms. The molecular formula is C25H26F3N3O. The topological polar surface area (TPSA) is 46.9 Å². The number of hydrogen-bond acceptors (Lipinski definition) is 3. The highest BCUT2D eigenvalue weighted by molar-refractivity contribution is 5.27. The Bertz CT molecular complexity index is 1120. The van der Waals surface area contributed by atoms with Crippen LogP contribution in [0.2, 0.25) is 0 Å². The molecule has 0 spiro atoms. The van der Waals surface area contributed by atoms with Gasteiger partial charge in [0.25, 0.3) is 5.56 Å². The molecule has 168 valence electrons. The Morgan fingerprint density at radius 1 is 0.969 bits per heavy atom. The molecule has 1 aliphatic rings. The molecule has 4 nitrogen and oxygen atoms in total. The summed E-state index contributed by atoms with van der Waals surface area (Å²) in [4.78, 5) is 12.7. The van der Waals surface area contributed by atoms with Crippen molar-refractivity contribution in [3.8, 4) is 0 Å². The summed E-state index contributed by atoms with van der Waals surface area (Å²) in [5, 5.41) is 7.61. The SMILES string of the molecule is O=c1c2c(cnn1Cc1ccc(CNCCc3cccc(C(F)(F)F)c3)cc1)CCCC2. The largest absolute Gasteiger partial charge is 0.416 e. The second kappa shape index (κ2) is 9.69. The van der Waals surface area contributed by atoms with Crippen LogP contribution in [-0.4, -0.2) is 16.3 Å². The maximum atomic E-state index is 12.8. The van der Waals surface area contributed by atoms with Gasteiger partial charge in [-0.2, -0.15) is 18.3 Å². The predicted octanol–water partition coefficient (Wildman–Crippen LogP) is 4.52. The first kappa shape index (κ1) is 22.3. The minimum Gasteiger partial charge on any atom is -0.312 e. The van der Waals surface area contributed by atoms with E-state index in [4.69, 9.17) is 0 Å². The molecule has 4 rings (SSSR count). The van der Waals surface area contributed by atoms with Crippen LogP contribution in [0.5, 0.6) is 0 Å². The number of aryl methyl sites for hydroxylation is 1. The highest BCUT2D eigenvalue weighted by Crippen LogP contribution is 2.29. The molecule has 0 amide bonds. The first-order valence-corrected chi connectivity index (χ1v) is 10.9. The summed E-state index contributed by atoms with van der Waals surface area (Å²) in [5.74, 6) is 0. The quantitative estimate of drug-likeness (QED) is 0.549. The molecule has 0 atom stereocenters. The van der Waals surface area contributed by atoms with Gasteiger partial charge in [-0.15, -0.1) is 0 Å². The van der Waals surface area contributed by atoms with Gasteiger partial charge in [0, 0.05) is 12.1 Å². The molecule has 0 unspecified atom stereocenters. The van der Waals surface area contributed by atoms with Crippen molar-refractivity contribution < 1.29 is 13.2 Å². The molecule has 3 aromatic rings. The van der Waals surface area contributed by atoms with Gasteiger partial charge in [0.2, 0.25) is 0 Å². The molecule has 1 aliphatic carbocycles. The van der Waals surface area contributed by atoms with Crippen molar-refractivity contribution in [2.45, 2.75) is 51.4 Å². The van der Waals surface area contributed by atoms with Gasteiger partial charge >= 0.3 is 6.18 Å². The maximum absolute atomic E-state index is 12.8. The van der Waals surface area contributed by atoms with Crippen LogP contribution in [-0.2, 0) is 38.5 Å². The second-order valence-corrected chi connectivity index (χ2v) is 8.26. The van der Waals surface area contributed by atoms with Gasteiger partial charge in [-0.1, -0.05) is 42.5 Å². The van der Waals surface area contributed by atoms with Gasteiger partial charge in [0.15, 0.2) is 0 Å². The van der Waals surface area contributed by atoms with Crippen LogP contribution < -0.4 is 10.9 Å². The van der Waals surface area contributed by atoms with E-state index in [2.05, 4.69) is 10.4 Å². The van der Waals surface area contributed by atoms with Gasteiger partial charge in [-0.25, -0.2) is 4.68 Å². The zero-order valence-electron chi connectivity index (χ0n) is 17.8. The number of hydrogen-bond donors (Lipinski definition) is 1. The van der Waals surface area contributed by atoms with Gasteiger partial charge in [0.1, 0.15) is 0 Å². The number of fused-ring (bicyclic) bond motifs is 1. The molecule has 32 heavy (non-hydrogen) atoms. The summed E-state index contributed by atoms with van der Waals surface area (Å²) in [7, 11) is 0. The van der Waals surface area contributed by atoms with Crippen LogP contribution in [0.1, 0.15) is 46.2 Å². The molecular weight excluding hydrogens is 415 g/mol. The van der Waals surface area contributed by atoms with Crippen molar-refractivity contribution in [1.82, 2.24) is 15.1 Å². The Morgan fingerprint density at radius 3 is 2.50 bits per heavy atom. The van der Waals surface area contributed by atoms with E-state index in [0.717, 1.165) is 54.0 Å². The molecule has 2 aromatic carbocycles. The Labute approximate surface area is 185 Å². The van der Waals surface area contributed by atoms with E-state index < -0.39 is 11.7 Å². The minimum absolute atomic E-state index is 0.0162. The van der Waals surface area contributed by atoms with Gasteiger partial charge in [0.05, 0.1) is 18.3 Å². The molecule has 0 saturated carbocycles. The molecule has 0 bridgehead atoms. The number of alkyl halides is 3. The summed E-state index contributed by atoms with van der Waals surface area (Å²) in [6.07, 6.45) is 1.99. The fourth-order valence-electron chi connectivity index (χ4n) is 4.08. The molecule has 0 radical (unpaired) electrons. The lowest BCUT2D eigenvalue weighted by Gasteiger charge is -2.16. The normalized spacial score (nSPS) is 13.7. The number of halogens is 3. The van der Waals surface area contributed by atoms with Gasteiger partial charge in [-0.05, 0) is 67.0 Å². The molecule has 1 N–H and O–H groups in total. The first-order chi connectivity index (χ1) is 15.4. The summed E-state index contributed by atoms with van der Waals surface area (Å²) >= 11 is 0. The molecule has 1 heterocycles. The summed E-state index contributed by atoms with van der Waals surface area (Å²) < 4.78 is 40.0. The lowest BCUT2D eigenvalue weighted by atomic mass is 9.94. The minimum atomic E-state index is -4.31. The van der Waals surface area contributed by atoms with Crippen molar-refractivity contribution >= 4 is 0 Å². The lowest BCUT2D eigenvalue weighted by Crippen LogP contribution is -2.29. The number of benzene rings is 2. The van der Waals surface area contributed by atoms with Crippen LogP contribution >= 0.6 is 0 Å². The van der Waals surface area contributed by atoms with Gasteiger partial charge < -0.3 is 5.32 Å². The molecule has 0 fully saturated rings. The van der Waals surface area contributed by atoms with Crippen molar-refractivity contribution in [3.63, 3.8) is 0 Å². The van der Waals surface area contributed by atoms with Crippen molar-refractivity contribution in [3.05, 3.63) is 98.5 Å². The van der Waals surface area contributed by atoms with Crippen LogP contribution in [0.4, 0.5) is 13.2 Å². The predicted molar refractivity (Wildman–Crippen MR) is 118 cm³/mol. The number of nitrogens with zero attached hydrogens (tertiary/aromatic N) is 2. The Kier molecular flexibility index (Phi) is 6.74. The highest BCUT2D eigenvalue weighted by atomic mass is 19.4. The molecule has 0 saturated heterocycles. The summed E-state index contributed by atoms with van der Waals surface area (Å²) in [6, 6.07) is 13.4. The third-order valence-corrected chi connectivity index (χ3v) is 5.89. The standard InChI is InChI=1S/C25H26F3N3O/c26-25(27,28)22-6-3-4-18(14-22)12-13-29-15-19-8-10-20(11-9-19)17-31-24(32)23-7-2-1-5-21(23)16-30-31/h3-4,6,8-11,14,16,29H,1-2,5,7,12-13,15,17H2. The third-order valence-electron chi connectivity index (χ3n) is 5.89. The van der Waals surface area contributed by atoms with E-state index >= 15 is 0 Å². The van der Waals surface area contributed by atoms with E-state index in [1.165, 1.54) is 16.8 Å². The zero-order chi connectivity index (χ0) is 22.6. The Morgan fingerprint density at radius 2 is 1.72 bits per heavy atom. The summed E-state index contributed by atoms with van der Waals surface area (Å²) in [6.45, 7) is 1.64. The van der Waals surface area contributed by atoms with Crippen molar-refractivity contribution in [2.24, 2.45) is 0 Å². The van der Waals surface area contributed by atoms with E-state index in [1.807, 2.05) is 30.5 Å². The molecule has 1 aromatic heterocycles. The van der Waals surface area contributed by atoms with Crippen molar-refractivity contribution in [1.29, 1.82) is 0 Å². The Balaban J connectivity index is 1.29. The maximum Gasteiger partial charge on any atom is 0.416 e. The van der Waals surface area contributed by atoms with Gasteiger partial charge in [-0.3, -0.25) is 4.79 Å². The van der Waals surface area contributed by atoms with E-state index in [1.54, 1.807) is 6.07 Å². The number of nitrogens with one attached hydrogen (secondary N) is 1. The van der Waals surface area contributed by atoms with Crippen LogP contribution in [0, 0.1) is 0 Å². The second-order valence-electron chi connectivity index (χ2n) is 8.26. The van der Waals surface area contributed by atoms with E-state index in [0.29, 0.717) is 31.6 Å². The average Bonchev–Trinajstić information content (AvgIpc) is 2.79. The fraction of sp³-hybridized carbons (Fsp3) is 0.360. The third kappa shape index (κ3) is 5.46. The number of aromatic nitrogens is 2. The molecule has 0 aliphatic heterocycles. The van der Waals surface area contributed by atoms with E-state index in [-0.39, 0.29) is 5.56 Å². The zero-order valence-corrected chi connectivity index (χ0v) is 17.8. The average molecular weight is 441 g/mol. The van der Waals surface area contributed by atoms with Crippen LogP contribution in [0.3, 0.4) is 0 Å².